The molecule has 0 radical (unpaired) electrons. The fraction of sp³-hybridized carbons (Fsp3) is 0.235. The van der Waals surface area contributed by atoms with Crippen LogP contribution in [-0.2, 0) is 4.79 Å². The maximum atomic E-state index is 11.7. The molecule has 3 rings (SSSR count). The number of hydrogen-bond donors (Lipinski definition) is 1. The van der Waals surface area contributed by atoms with E-state index in [1.807, 2.05) is 32.0 Å². The fourth-order valence-electron chi connectivity index (χ4n) is 2.37. The molecule has 1 aromatic heterocycles. The van der Waals surface area contributed by atoms with E-state index in [1.165, 1.54) is 0 Å². The van der Waals surface area contributed by atoms with Crippen LogP contribution in [0.4, 0.5) is 4.79 Å². The van der Waals surface area contributed by atoms with Gasteiger partial charge in [0, 0.05) is 17.5 Å². The summed E-state index contributed by atoms with van der Waals surface area (Å²) in [5.74, 6) is 0.689. The standard InChI is InChI=1S/C17H16N2O3S/c1-10-4-3-5-14(18-10)11(2)22-13-8-6-12(7-9-13)15-16(20)23-17(21)19-15/h3-9,11,15H,1-2H3,(H,19,21). The largest absolute Gasteiger partial charge is 0.484 e. The van der Waals surface area contributed by atoms with E-state index >= 15 is 0 Å². The maximum absolute atomic E-state index is 11.7. The second-order valence-electron chi connectivity index (χ2n) is 5.32. The third-order valence-electron chi connectivity index (χ3n) is 3.54. The molecule has 5 nitrogen and oxygen atoms in total. The summed E-state index contributed by atoms with van der Waals surface area (Å²) in [7, 11) is 0. The van der Waals surface area contributed by atoms with Crippen molar-refractivity contribution in [2.75, 3.05) is 0 Å². The molecule has 6 heteroatoms. The first-order valence-electron chi connectivity index (χ1n) is 7.25. The Kier molecular flexibility index (Phi) is 4.34. The van der Waals surface area contributed by atoms with E-state index < -0.39 is 6.04 Å². The zero-order valence-electron chi connectivity index (χ0n) is 12.8. The number of carbonyl (C=O) groups is 2. The van der Waals surface area contributed by atoms with Crippen LogP contribution in [0.25, 0.3) is 0 Å². The van der Waals surface area contributed by atoms with E-state index in [0.29, 0.717) is 17.5 Å². The number of aryl methyl sites for hydroxylation is 1. The van der Waals surface area contributed by atoms with Crippen molar-refractivity contribution in [1.82, 2.24) is 10.3 Å². The van der Waals surface area contributed by atoms with Gasteiger partial charge < -0.3 is 10.1 Å². The zero-order valence-corrected chi connectivity index (χ0v) is 13.6. The monoisotopic (exact) mass is 328 g/mol. The van der Waals surface area contributed by atoms with E-state index in [0.717, 1.165) is 17.0 Å². The van der Waals surface area contributed by atoms with Crippen LogP contribution in [0, 0.1) is 6.92 Å². The van der Waals surface area contributed by atoms with Gasteiger partial charge in [-0.15, -0.1) is 0 Å². The van der Waals surface area contributed by atoms with E-state index in [1.54, 1.807) is 24.3 Å². The number of rotatable bonds is 4. The Morgan fingerprint density at radius 2 is 1.91 bits per heavy atom. The Morgan fingerprint density at radius 1 is 1.17 bits per heavy atom. The lowest BCUT2D eigenvalue weighted by atomic mass is 10.1. The Morgan fingerprint density at radius 3 is 2.52 bits per heavy atom. The van der Waals surface area contributed by atoms with E-state index in [2.05, 4.69) is 10.3 Å². The molecule has 0 spiro atoms. The predicted molar refractivity (Wildman–Crippen MR) is 88.3 cm³/mol. The van der Waals surface area contributed by atoms with Gasteiger partial charge >= 0.3 is 0 Å². The zero-order chi connectivity index (χ0) is 16.4. The summed E-state index contributed by atoms with van der Waals surface area (Å²) in [4.78, 5) is 27.4. The number of pyridine rings is 1. The molecule has 2 heterocycles. The summed E-state index contributed by atoms with van der Waals surface area (Å²) in [6.07, 6.45) is -0.177. The van der Waals surface area contributed by atoms with Crippen molar-refractivity contribution in [2.45, 2.75) is 26.0 Å². The van der Waals surface area contributed by atoms with Gasteiger partial charge in [-0.1, -0.05) is 18.2 Å². The van der Waals surface area contributed by atoms with Crippen molar-refractivity contribution in [3.05, 3.63) is 59.4 Å². The Bertz CT molecular complexity index is 746. The molecule has 1 aliphatic rings. The summed E-state index contributed by atoms with van der Waals surface area (Å²) in [5.41, 5.74) is 2.56. The highest BCUT2D eigenvalue weighted by Gasteiger charge is 2.32. The van der Waals surface area contributed by atoms with Crippen LogP contribution in [0.5, 0.6) is 5.75 Å². The Hall–Kier alpha value is -2.34. The Balaban J connectivity index is 1.70. The quantitative estimate of drug-likeness (QED) is 0.929. The van der Waals surface area contributed by atoms with Crippen molar-refractivity contribution >= 4 is 22.1 Å². The van der Waals surface area contributed by atoms with Crippen LogP contribution in [0.2, 0.25) is 0 Å². The molecule has 2 atom stereocenters. The minimum Gasteiger partial charge on any atom is -0.484 e. The predicted octanol–water partition coefficient (Wildman–Crippen LogP) is 3.55. The molecule has 1 aliphatic heterocycles. The number of amides is 1. The number of thioether (sulfide) groups is 1. The number of aromatic nitrogens is 1. The average molecular weight is 328 g/mol. The van der Waals surface area contributed by atoms with Crippen molar-refractivity contribution in [2.24, 2.45) is 0 Å². The van der Waals surface area contributed by atoms with Gasteiger partial charge in [0.2, 0.25) is 5.12 Å². The molecule has 1 saturated heterocycles. The SMILES string of the molecule is Cc1cccc(C(C)Oc2ccc(C3NC(=O)SC3=O)cc2)n1. The molecule has 1 aromatic carbocycles. The highest BCUT2D eigenvalue weighted by molar-refractivity contribution is 8.26. The molecule has 1 fully saturated rings. The van der Waals surface area contributed by atoms with Gasteiger partial charge in [-0.3, -0.25) is 14.6 Å². The third kappa shape index (κ3) is 3.53. The van der Waals surface area contributed by atoms with Gasteiger partial charge in [-0.05, 0) is 43.7 Å². The lowest BCUT2D eigenvalue weighted by Gasteiger charge is -2.15. The maximum Gasteiger partial charge on any atom is 0.287 e. The normalized spacial score (nSPS) is 18.6. The van der Waals surface area contributed by atoms with E-state index in [4.69, 9.17) is 4.74 Å². The molecule has 1 N–H and O–H groups in total. The van der Waals surface area contributed by atoms with Crippen molar-refractivity contribution in [3.63, 3.8) is 0 Å². The van der Waals surface area contributed by atoms with Crippen LogP contribution < -0.4 is 10.1 Å². The van der Waals surface area contributed by atoms with Gasteiger partial charge in [0.05, 0.1) is 5.69 Å². The van der Waals surface area contributed by atoms with Gasteiger partial charge in [0.1, 0.15) is 17.9 Å². The number of benzene rings is 1. The summed E-state index contributed by atoms with van der Waals surface area (Å²) >= 11 is 0.708. The second-order valence-corrected chi connectivity index (χ2v) is 6.30. The number of nitrogens with one attached hydrogen (secondary N) is 1. The molecule has 118 valence electrons. The number of carbonyl (C=O) groups excluding carboxylic acids is 2. The van der Waals surface area contributed by atoms with Gasteiger partial charge in [-0.25, -0.2) is 0 Å². The molecule has 23 heavy (non-hydrogen) atoms. The Labute approximate surface area is 138 Å². The molecule has 0 saturated carbocycles. The highest BCUT2D eigenvalue weighted by atomic mass is 32.2. The summed E-state index contributed by atoms with van der Waals surface area (Å²) in [6.45, 7) is 3.88. The van der Waals surface area contributed by atoms with Crippen LogP contribution in [0.15, 0.2) is 42.5 Å². The molecule has 1 amide bonds. The average Bonchev–Trinajstić information content (AvgIpc) is 2.86. The number of nitrogens with zero attached hydrogens (tertiary/aromatic N) is 1. The minimum atomic E-state index is -0.572. The summed E-state index contributed by atoms with van der Waals surface area (Å²) < 4.78 is 5.88. The lowest BCUT2D eigenvalue weighted by Crippen LogP contribution is -2.19. The van der Waals surface area contributed by atoms with Crippen LogP contribution in [0.1, 0.15) is 36.0 Å². The van der Waals surface area contributed by atoms with Crippen LogP contribution in [-0.4, -0.2) is 15.3 Å². The highest BCUT2D eigenvalue weighted by Crippen LogP contribution is 2.29. The van der Waals surface area contributed by atoms with E-state index in [9.17, 15) is 9.59 Å². The first kappa shape index (κ1) is 15.6. The fourth-order valence-corrected chi connectivity index (χ4v) is 3.04. The first-order chi connectivity index (χ1) is 11.0. The van der Waals surface area contributed by atoms with Crippen LogP contribution >= 0.6 is 11.8 Å². The summed E-state index contributed by atoms with van der Waals surface area (Å²) in [6, 6.07) is 12.4. The van der Waals surface area contributed by atoms with Gasteiger partial charge in [0.25, 0.3) is 5.24 Å². The first-order valence-corrected chi connectivity index (χ1v) is 8.07. The van der Waals surface area contributed by atoms with Gasteiger partial charge in [0.15, 0.2) is 0 Å². The molecule has 2 aromatic rings. The smallest absolute Gasteiger partial charge is 0.287 e. The van der Waals surface area contributed by atoms with Crippen molar-refractivity contribution in [3.8, 4) is 5.75 Å². The van der Waals surface area contributed by atoms with Crippen LogP contribution in [0.3, 0.4) is 0 Å². The second kappa shape index (κ2) is 6.42. The third-order valence-corrected chi connectivity index (χ3v) is 4.28. The molecular formula is C17H16N2O3S. The summed E-state index contributed by atoms with van der Waals surface area (Å²) in [5, 5.41) is 2.15. The van der Waals surface area contributed by atoms with E-state index in [-0.39, 0.29) is 16.5 Å². The number of ether oxygens (including phenoxy) is 1. The minimum absolute atomic E-state index is 0.177. The number of hydrogen-bond acceptors (Lipinski definition) is 5. The topological polar surface area (TPSA) is 68.3 Å². The molecular weight excluding hydrogens is 312 g/mol. The molecule has 0 bridgehead atoms. The lowest BCUT2D eigenvalue weighted by molar-refractivity contribution is -0.112. The molecule has 0 aliphatic carbocycles. The van der Waals surface area contributed by atoms with Gasteiger partial charge in [-0.2, -0.15) is 0 Å². The molecule has 2 unspecified atom stereocenters. The van der Waals surface area contributed by atoms with Crippen molar-refractivity contribution < 1.29 is 14.3 Å². The van der Waals surface area contributed by atoms with Crippen molar-refractivity contribution in [1.29, 1.82) is 0 Å².